The topological polar surface area (TPSA) is 46.5 Å². The average Bonchev–Trinajstić information content (AvgIpc) is 2.39. The number of hydrogen-bond acceptors (Lipinski definition) is 3. The minimum Gasteiger partial charge on any atom is -0.456 e. The van der Waals surface area contributed by atoms with Crippen LogP contribution >= 0.6 is 0 Å². The second-order valence-corrected chi connectivity index (χ2v) is 6.56. The van der Waals surface area contributed by atoms with Crippen molar-refractivity contribution in [3.63, 3.8) is 0 Å². The normalized spacial score (nSPS) is 31.4. The second kappa shape index (κ2) is 7.02. The molecule has 1 saturated carbocycles. The van der Waals surface area contributed by atoms with Gasteiger partial charge in [0, 0.05) is 5.57 Å². The van der Waals surface area contributed by atoms with Crippen LogP contribution in [0.25, 0.3) is 0 Å². The number of halogens is 3. The molecule has 2 atom stereocenters. The van der Waals surface area contributed by atoms with Gasteiger partial charge in [-0.15, -0.1) is 0 Å². The van der Waals surface area contributed by atoms with E-state index in [9.17, 15) is 23.1 Å². The van der Waals surface area contributed by atoms with Gasteiger partial charge in [0.05, 0.1) is 0 Å². The van der Waals surface area contributed by atoms with Crippen LogP contribution in [0.1, 0.15) is 65.2 Å². The first-order valence-electron chi connectivity index (χ1n) is 7.67. The van der Waals surface area contributed by atoms with Crippen molar-refractivity contribution in [3.05, 3.63) is 12.2 Å². The number of carbonyl (C=O) groups excluding carboxylic acids is 1. The fourth-order valence-corrected chi connectivity index (χ4v) is 2.69. The molecule has 3 nitrogen and oxygen atoms in total. The third kappa shape index (κ3) is 5.00. The molecule has 0 heterocycles. The largest absolute Gasteiger partial charge is 0.456 e. The Hall–Kier alpha value is -1.04. The van der Waals surface area contributed by atoms with Gasteiger partial charge in [0.1, 0.15) is 5.60 Å². The summed E-state index contributed by atoms with van der Waals surface area (Å²) < 4.78 is 44.8. The molecule has 0 radical (unpaired) electrons. The van der Waals surface area contributed by atoms with E-state index in [2.05, 4.69) is 6.58 Å². The third-order valence-corrected chi connectivity index (χ3v) is 4.33. The molecule has 1 rings (SSSR count). The molecule has 1 fully saturated rings. The zero-order valence-electron chi connectivity index (χ0n) is 13.3. The molecule has 0 aromatic rings. The summed E-state index contributed by atoms with van der Waals surface area (Å²) in [6, 6.07) is 0. The van der Waals surface area contributed by atoms with E-state index in [4.69, 9.17) is 4.74 Å². The summed E-state index contributed by atoms with van der Waals surface area (Å²) in [7, 11) is 0. The molecule has 0 aromatic carbocycles. The van der Waals surface area contributed by atoms with E-state index < -0.39 is 29.8 Å². The highest BCUT2D eigenvalue weighted by Gasteiger charge is 2.53. The van der Waals surface area contributed by atoms with Crippen molar-refractivity contribution in [3.8, 4) is 0 Å². The van der Waals surface area contributed by atoms with E-state index >= 15 is 0 Å². The molecular formula is C16H25F3O3. The number of aliphatic hydroxyl groups is 1. The first kappa shape index (κ1) is 19.0. The van der Waals surface area contributed by atoms with Crippen LogP contribution in [0, 0.1) is 0 Å². The summed E-state index contributed by atoms with van der Waals surface area (Å²) in [4.78, 5) is 11.7. The van der Waals surface area contributed by atoms with E-state index in [1.54, 1.807) is 6.92 Å². The molecule has 0 amide bonds. The Labute approximate surface area is 129 Å². The highest BCUT2D eigenvalue weighted by atomic mass is 19.4. The number of rotatable bonds is 2. The predicted octanol–water partition coefficient (Wildman–Crippen LogP) is 4.29. The van der Waals surface area contributed by atoms with E-state index in [1.165, 1.54) is 6.92 Å². The van der Waals surface area contributed by atoms with Gasteiger partial charge in [-0.05, 0) is 46.0 Å². The van der Waals surface area contributed by atoms with Crippen molar-refractivity contribution < 1.29 is 27.8 Å². The monoisotopic (exact) mass is 322 g/mol. The van der Waals surface area contributed by atoms with Gasteiger partial charge < -0.3 is 9.84 Å². The number of hydrogen-bond donors (Lipinski definition) is 1. The minimum absolute atomic E-state index is 0.0258. The summed E-state index contributed by atoms with van der Waals surface area (Å²) in [5.74, 6) is -0.602. The molecule has 22 heavy (non-hydrogen) atoms. The number of ether oxygens (including phenoxy) is 1. The van der Waals surface area contributed by atoms with Crippen molar-refractivity contribution >= 4 is 5.97 Å². The highest BCUT2D eigenvalue weighted by Crippen LogP contribution is 2.41. The van der Waals surface area contributed by atoms with Gasteiger partial charge in [-0.3, -0.25) is 0 Å². The Kier molecular flexibility index (Phi) is 6.07. The molecule has 128 valence electrons. The van der Waals surface area contributed by atoms with Crippen LogP contribution in [0.3, 0.4) is 0 Å². The van der Waals surface area contributed by atoms with Gasteiger partial charge in [0.25, 0.3) is 0 Å². The Morgan fingerprint density at radius 1 is 1.09 bits per heavy atom. The predicted molar refractivity (Wildman–Crippen MR) is 77.3 cm³/mol. The Bertz CT molecular complexity index is 419. The second-order valence-electron chi connectivity index (χ2n) is 6.56. The molecule has 1 N–H and O–H groups in total. The molecule has 1 aliphatic carbocycles. The van der Waals surface area contributed by atoms with Gasteiger partial charge >= 0.3 is 12.1 Å². The maximum absolute atomic E-state index is 13.1. The highest BCUT2D eigenvalue weighted by molar-refractivity contribution is 5.87. The van der Waals surface area contributed by atoms with Gasteiger partial charge in [-0.1, -0.05) is 25.8 Å². The molecule has 2 unspecified atom stereocenters. The van der Waals surface area contributed by atoms with Crippen molar-refractivity contribution in [1.82, 2.24) is 0 Å². The third-order valence-electron chi connectivity index (χ3n) is 4.33. The number of carbonyl (C=O) groups is 1. The number of esters is 1. The van der Waals surface area contributed by atoms with Crippen LogP contribution in [0.5, 0.6) is 0 Å². The average molecular weight is 322 g/mol. The summed E-state index contributed by atoms with van der Waals surface area (Å²) in [5, 5.41) is 10.0. The molecule has 0 aliphatic heterocycles. The summed E-state index contributed by atoms with van der Waals surface area (Å²) in [5.41, 5.74) is -3.50. The van der Waals surface area contributed by atoms with Crippen molar-refractivity contribution in [2.24, 2.45) is 0 Å². The van der Waals surface area contributed by atoms with Gasteiger partial charge in [-0.2, -0.15) is 13.2 Å². The van der Waals surface area contributed by atoms with E-state index in [0.717, 1.165) is 12.8 Å². The van der Waals surface area contributed by atoms with Gasteiger partial charge in [0.2, 0.25) is 0 Å². The van der Waals surface area contributed by atoms with Gasteiger partial charge in [0.15, 0.2) is 5.60 Å². The lowest BCUT2D eigenvalue weighted by molar-refractivity contribution is -0.268. The van der Waals surface area contributed by atoms with Crippen LogP contribution in [0.15, 0.2) is 12.2 Å². The van der Waals surface area contributed by atoms with Crippen LogP contribution in [-0.4, -0.2) is 28.5 Å². The lowest BCUT2D eigenvalue weighted by Crippen LogP contribution is -2.47. The van der Waals surface area contributed by atoms with E-state index in [1.807, 2.05) is 0 Å². The first-order chi connectivity index (χ1) is 9.99. The zero-order chi connectivity index (χ0) is 17.0. The summed E-state index contributed by atoms with van der Waals surface area (Å²) in [6.45, 7) is 6.62. The van der Waals surface area contributed by atoms with Crippen molar-refractivity contribution in [2.75, 3.05) is 0 Å². The fourth-order valence-electron chi connectivity index (χ4n) is 2.69. The van der Waals surface area contributed by atoms with Crippen LogP contribution in [0.2, 0.25) is 0 Å². The lowest BCUT2D eigenvalue weighted by Gasteiger charge is -2.37. The van der Waals surface area contributed by atoms with Crippen LogP contribution in [-0.2, 0) is 9.53 Å². The van der Waals surface area contributed by atoms with Crippen LogP contribution in [0.4, 0.5) is 13.2 Å². The van der Waals surface area contributed by atoms with E-state index in [-0.39, 0.29) is 18.4 Å². The van der Waals surface area contributed by atoms with Crippen molar-refractivity contribution in [2.45, 2.75) is 82.6 Å². The Morgan fingerprint density at radius 2 is 1.64 bits per heavy atom. The molecule has 0 bridgehead atoms. The van der Waals surface area contributed by atoms with Crippen LogP contribution < -0.4 is 0 Å². The zero-order valence-corrected chi connectivity index (χ0v) is 13.3. The maximum Gasteiger partial charge on any atom is 0.417 e. The standard InChI is InChI=1S/C16H25F3O3/c1-12(2)13(20)22-14(3)8-6-4-5-7-9-15(21,11-10-14)16(17,18)19/h21H,1,4-11H2,2-3H3. The Morgan fingerprint density at radius 3 is 2.14 bits per heavy atom. The SMILES string of the molecule is C=C(C)C(=O)OC1(C)CCCCCCC(O)(C(F)(F)F)CC1. The molecule has 1 aliphatic rings. The van der Waals surface area contributed by atoms with Gasteiger partial charge in [-0.25, -0.2) is 4.79 Å². The smallest absolute Gasteiger partial charge is 0.417 e. The molecular weight excluding hydrogens is 297 g/mol. The van der Waals surface area contributed by atoms with E-state index in [0.29, 0.717) is 19.3 Å². The fraction of sp³-hybridized carbons (Fsp3) is 0.812. The number of alkyl halides is 3. The molecule has 0 spiro atoms. The maximum atomic E-state index is 13.1. The summed E-state index contributed by atoms with van der Waals surface area (Å²) >= 11 is 0. The minimum atomic E-state index is -4.68. The molecule has 0 saturated heterocycles. The quantitative estimate of drug-likeness (QED) is 0.609. The lowest BCUT2D eigenvalue weighted by atomic mass is 9.82. The van der Waals surface area contributed by atoms with Crippen molar-refractivity contribution in [1.29, 1.82) is 0 Å². The molecule has 6 heteroatoms. The first-order valence-corrected chi connectivity index (χ1v) is 7.67. The Balaban J connectivity index is 2.91. The summed E-state index contributed by atoms with van der Waals surface area (Å²) in [6.07, 6.45) is -2.47. The molecule has 0 aromatic heterocycles.